The second-order valence-electron chi connectivity index (χ2n) is 7.54. The van der Waals surface area contributed by atoms with Crippen molar-refractivity contribution >= 4 is 36.6 Å². The Morgan fingerprint density at radius 2 is 1.62 bits per heavy atom. The third-order valence-electron chi connectivity index (χ3n) is 5.77. The van der Waals surface area contributed by atoms with Gasteiger partial charge in [0.1, 0.15) is 0 Å². The van der Waals surface area contributed by atoms with E-state index >= 15 is 0 Å². The first kappa shape index (κ1) is 23.5. The van der Waals surface area contributed by atoms with E-state index in [-0.39, 0.29) is 42.7 Å². The number of piperidine rings is 2. The number of carbonyl (C=O) groups is 2. The zero-order valence-electron chi connectivity index (χ0n) is 15.8. The van der Waals surface area contributed by atoms with Crippen LogP contribution in [0.4, 0.5) is 0 Å². The summed E-state index contributed by atoms with van der Waals surface area (Å²) >= 11 is 0. The molecule has 0 aromatic rings. The Morgan fingerprint density at radius 1 is 0.923 bits per heavy atom. The molecule has 0 bridgehead atoms. The van der Waals surface area contributed by atoms with Crippen LogP contribution in [0, 0.1) is 0 Å². The highest BCUT2D eigenvalue weighted by molar-refractivity contribution is 5.85. The minimum Gasteiger partial charge on any atom is -0.339 e. The SMILES string of the molecule is CC1CCCCN1C(=O)CN1CCN(C(=O)C2CCCCN2)CC1.Cl.Cl. The van der Waals surface area contributed by atoms with Crippen molar-refractivity contribution in [2.24, 2.45) is 0 Å². The van der Waals surface area contributed by atoms with Crippen LogP contribution in [-0.2, 0) is 9.59 Å². The number of rotatable bonds is 3. The Hall–Kier alpha value is -0.560. The van der Waals surface area contributed by atoms with Gasteiger partial charge in [0, 0.05) is 38.8 Å². The molecular formula is C18H34Cl2N4O2. The van der Waals surface area contributed by atoms with Crippen LogP contribution >= 0.6 is 24.8 Å². The molecule has 1 N–H and O–H groups in total. The molecule has 0 radical (unpaired) electrons. The lowest BCUT2D eigenvalue weighted by atomic mass is 10.0. The fourth-order valence-corrected chi connectivity index (χ4v) is 4.16. The highest BCUT2D eigenvalue weighted by atomic mass is 35.5. The van der Waals surface area contributed by atoms with Crippen LogP contribution in [0.3, 0.4) is 0 Å². The molecule has 0 aliphatic carbocycles. The van der Waals surface area contributed by atoms with Crippen LogP contribution in [-0.4, -0.2) is 84.4 Å². The molecule has 0 aromatic carbocycles. The maximum Gasteiger partial charge on any atom is 0.239 e. The molecule has 6 nitrogen and oxygen atoms in total. The Labute approximate surface area is 169 Å². The maximum absolute atomic E-state index is 12.5. The van der Waals surface area contributed by atoms with Gasteiger partial charge < -0.3 is 15.1 Å². The maximum atomic E-state index is 12.5. The fourth-order valence-electron chi connectivity index (χ4n) is 4.16. The topological polar surface area (TPSA) is 55.9 Å². The van der Waals surface area contributed by atoms with Gasteiger partial charge in [0.15, 0.2) is 0 Å². The summed E-state index contributed by atoms with van der Waals surface area (Å²) in [5.74, 6) is 0.515. The number of amides is 2. The van der Waals surface area contributed by atoms with Crippen LogP contribution in [0.1, 0.15) is 45.4 Å². The van der Waals surface area contributed by atoms with Crippen LogP contribution in [0.5, 0.6) is 0 Å². The van der Waals surface area contributed by atoms with Gasteiger partial charge >= 0.3 is 0 Å². The smallest absolute Gasteiger partial charge is 0.239 e. The lowest BCUT2D eigenvalue weighted by molar-refractivity contribution is -0.138. The summed E-state index contributed by atoms with van der Waals surface area (Å²) in [6.45, 7) is 7.65. The zero-order chi connectivity index (χ0) is 16.9. The molecule has 152 valence electrons. The number of nitrogens with one attached hydrogen (secondary N) is 1. The van der Waals surface area contributed by atoms with Crippen molar-refractivity contribution in [2.45, 2.75) is 57.5 Å². The van der Waals surface area contributed by atoms with E-state index in [0.717, 1.165) is 65.0 Å². The Balaban J connectivity index is 0.00000169. The van der Waals surface area contributed by atoms with Gasteiger partial charge in [-0.15, -0.1) is 24.8 Å². The van der Waals surface area contributed by atoms with Crippen molar-refractivity contribution in [1.82, 2.24) is 20.0 Å². The molecule has 3 aliphatic heterocycles. The van der Waals surface area contributed by atoms with Crippen LogP contribution in [0.2, 0.25) is 0 Å². The molecule has 3 heterocycles. The summed E-state index contributed by atoms with van der Waals surface area (Å²) in [7, 11) is 0. The fraction of sp³-hybridized carbons (Fsp3) is 0.889. The largest absolute Gasteiger partial charge is 0.339 e. The van der Waals surface area contributed by atoms with Gasteiger partial charge in [0.2, 0.25) is 11.8 Å². The molecule has 0 aromatic heterocycles. The van der Waals surface area contributed by atoms with E-state index in [9.17, 15) is 9.59 Å². The number of halogens is 2. The highest BCUT2D eigenvalue weighted by Crippen LogP contribution is 2.17. The van der Waals surface area contributed by atoms with Crippen molar-refractivity contribution in [1.29, 1.82) is 0 Å². The van der Waals surface area contributed by atoms with Crippen LogP contribution in [0.15, 0.2) is 0 Å². The van der Waals surface area contributed by atoms with Crippen molar-refractivity contribution in [3.8, 4) is 0 Å². The summed E-state index contributed by atoms with van der Waals surface area (Å²) in [5.41, 5.74) is 0. The molecule has 3 saturated heterocycles. The average molecular weight is 409 g/mol. The lowest BCUT2D eigenvalue weighted by Crippen LogP contribution is -2.56. The minimum atomic E-state index is 0. The predicted molar refractivity (Wildman–Crippen MR) is 108 cm³/mol. The van der Waals surface area contributed by atoms with Gasteiger partial charge in [-0.2, -0.15) is 0 Å². The molecule has 2 amide bonds. The van der Waals surface area contributed by atoms with Crippen molar-refractivity contribution < 1.29 is 9.59 Å². The first-order valence-corrected chi connectivity index (χ1v) is 9.69. The number of piperazine rings is 1. The normalized spacial score (nSPS) is 27.3. The lowest BCUT2D eigenvalue weighted by Gasteiger charge is -2.39. The van der Waals surface area contributed by atoms with Gasteiger partial charge in [0.25, 0.3) is 0 Å². The molecule has 0 saturated carbocycles. The number of nitrogens with zero attached hydrogens (tertiary/aromatic N) is 3. The van der Waals surface area contributed by atoms with E-state index in [1.807, 2.05) is 9.80 Å². The molecule has 8 heteroatoms. The van der Waals surface area contributed by atoms with Gasteiger partial charge in [-0.25, -0.2) is 0 Å². The second kappa shape index (κ2) is 11.3. The van der Waals surface area contributed by atoms with E-state index in [1.54, 1.807) is 0 Å². The number of carbonyl (C=O) groups excluding carboxylic acids is 2. The molecular weight excluding hydrogens is 375 g/mol. The van der Waals surface area contributed by atoms with E-state index in [2.05, 4.69) is 17.1 Å². The van der Waals surface area contributed by atoms with E-state index in [0.29, 0.717) is 12.6 Å². The van der Waals surface area contributed by atoms with E-state index < -0.39 is 0 Å². The monoisotopic (exact) mass is 408 g/mol. The summed E-state index contributed by atoms with van der Waals surface area (Å²) in [4.78, 5) is 31.3. The predicted octanol–water partition coefficient (Wildman–Crippen LogP) is 1.52. The molecule has 2 atom stereocenters. The summed E-state index contributed by atoms with van der Waals surface area (Å²) in [6, 6.07) is 0.396. The van der Waals surface area contributed by atoms with Crippen molar-refractivity contribution in [3.63, 3.8) is 0 Å². The third-order valence-corrected chi connectivity index (χ3v) is 5.77. The van der Waals surface area contributed by atoms with Crippen molar-refractivity contribution in [2.75, 3.05) is 45.8 Å². The number of likely N-dealkylation sites (tertiary alicyclic amines) is 1. The molecule has 3 rings (SSSR count). The minimum absolute atomic E-state index is 0. The molecule has 0 spiro atoms. The molecule has 2 unspecified atom stereocenters. The summed E-state index contributed by atoms with van der Waals surface area (Å²) in [5, 5.41) is 3.34. The first-order valence-electron chi connectivity index (χ1n) is 9.69. The van der Waals surface area contributed by atoms with E-state index in [1.165, 1.54) is 12.8 Å². The van der Waals surface area contributed by atoms with Gasteiger partial charge in [-0.05, 0) is 45.6 Å². The quantitative estimate of drug-likeness (QED) is 0.768. The van der Waals surface area contributed by atoms with Gasteiger partial charge in [0.05, 0.1) is 12.6 Å². The van der Waals surface area contributed by atoms with Gasteiger partial charge in [-0.3, -0.25) is 14.5 Å². The van der Waals surface area contributed by atoms with E-state index in [4.69, 9.17) is 0 Å². The highest BCUT2D eigenvalue weighted by Gasteiger charge is 2.30. The Kier molecular flexibility index (Phi) is 10.2. The first-order chi connectivity index (χ1) is 11.6. The van der Waals surface area contributed by atoms with Crippen molar-refractivity contribution in [3.05, 3.63) is 0 Å². The Bertz CT molecular complexity index is 452. The van der Waals surface area contributed by atoms with Crippen LogP contribution in [0.25, 0.3) is 0 Å². The third kappa shape index (κ3) is 5.98. The number of hydrogen-bond acceptors (Lipinski definition) is 4. The zero-order valence-corrected chi connectivity index (χ0v) is 17.5. The summed E-state index contributed by atoms with van der Waals surface area (Å²) < 4.78 is 0. The Morgan fingerprint density at radius 3 is 2.23 bits per heavy atom. The molecule has 3 aliphatic rings. The van der Waals surface area contributed by atoms with Gasteiger partial charge in [-0.1, -0.05) is 6.42 Å². The average Bonchev–Trinajstić information content (AvgIpc) is 2.63. The molecule has 26 heavy (non-hydrogen) atoms. The standard InChI is InChI=1S/C18H32N4O2.2ClH/c1-15-6-3-5-9-22(15)17(23)14-20-10-12-21(13-11-20)18(24)16-7-2-4-8-19-16;;/h15-16,19H,2-14H2,1H3;2*1H. The second-order valence-corrected chi connectivity index (χ2v) is 7.54. The number of hydrogen-bond donors (Lipinski definition) is 1. The van der Waals surface area contributed by atoms with Crippen LogP contribution < -0.4 is 5.32 Å². The summed E-state index contributed by atoms with van der Waals surface area (Å²) in [6.07, 6.45) is 6.78. The molecule has 3 fully saturated rings.